The third-order valence-electron chi connectivity index (χ3n) is 4.22. The summed E-state index contributed by atoms with van der Waals surface area (Å²) >= 11 is 3.31. The summed E-state index contributed by atoms with van der Waals surface area (Å²) in [6.07, 6.45) is 6.86. The first-order valence-corrected chi connectivity index (χ1v) is 11.0. The van der Waals surface area contributed by atoms with Crippen molar-refractivity contribution in [3.63, 3.8) is 0 Å². The summed E-state index contributed by atoms with van der Waals surface area (Å²) in [7, 11) is 0. The molecule has 3 rings (SSSR count). The highest BCUT2D eigenvalue weighted by molar-refractivity contribution is 7.99. The number of hydrogen-bond donors (Lipinski definition) is 1. The van der Waals surface area contributed by atoms with Crippen molar-refractivity contribution in [2.24, 2.45) is 0 Å². The fourth-order valence-electron chi connectivity index (χ4n) is 3.08. The number of rotatable bonds is 8. The maximum absolute atomic E-state index is 12.2. The van der Waals surface area contributed by atoms with Crippen LogP contribution in [0.2, 0.25) is 0 Å². The number of hydrogen-bond acceptors (Lipinski definition) is 6. The summed E-state index contributed by atoms with van der Waals surface area (Å²) < 4.78 is 1.95. The van der Waals surface area contributed by atoms with Crippen molar-refractivity contribution in [3.8, 4) is 0 Å². The Labute approximate surface area is 156 Å². The molecule has 1 amide bonds. The Kier molecular flexibility index (Phi) is 6.75. The molecule has 1 aromatic carbocycles. The summed E-state index contributed by atoms with van der Waals surface area (Å²) in [6.45, 7) is 0. The highest BCUT2D eigenvalue weighted by Gasteiger charge is 2.21. The first kappa shape index (κ1) is 18.3. The molecule has 1 aliphatic rings. The maximum Gasteiger partial charge on any atom is 0.234 e. The number of benzene rings is 1. The molecule has 6 nitrogen and oxygen atoms in total. The molecule has 0 bridgehead atoms. The lowest BCUT2D eigenvalue weighted by atomic mass is 10.2. The second-order valence-corrected chi connectivity index (χ2v) is 8.00. The van der Waals surface area contributed by atoms with Crippen molar-refractivity contribution in [1.29, 1.82) is 0 Å². The zero-order valence-corrected chi connectivity index (χ0v) is 16.0. The lowest BCUT2D eigenvalue weighted by molar-refractivity contribution is -0.113. The minimum atomic E-state index is 0.00573. The Morgan fingerprint density at radius 1 is 1.32 bits per heavy atom. The predicted octanol–water partition coefficient (Wildman–Crippen LogP) is 3.52. The van der Waals surface area contributed by atoms with E-state index in [2.05, 4.69) is 33.2 Å². The van der Waals surface area contributed by atoms with Gasteiger partial charge in [-0.1, -0.05) is 25.0 Å². The molecule has 2 aromatic rings. The topological polar surface area (TPSA) is 72.7 Å². The summed E-state index contributed by atoms with van der Waals surface area (Å²) in [5.41, 5.74) is 2.07. The van der Waals surface area contributed by atoms with Crippen molar-refractivity contribution in [2.75, 3.05) is 17.3 Å². The number of carbonyl (C=O) groups is 1. The van der Waals surface area contributed by atoms with Crippen molar-refractivity contribution in [3.05, 3.63) is 35.7 Å². The molecule has 0 aliphatic heterocycles. The fraction of sp³-hybridized carbons (Fsp3) is 0.529. The van der Waals surface area contributed by atoms with Crippen molar-refractivity contribution >= 4 is 35.1 Å². The molecule has 1 fully saturated rings. The number of aromatic nitrogens is 4. The second kappa shape index (κ2) is 9.24. The van der Waals surface area contributed by atoms with E-state index >= 15 is 0 Å². The highest BCUT2D eigenvalue weighted by atomic mass is 32.2. The van der Waals surface area contributed by atoms with Crippen LogP contribution < -0.4 is 5.32 Å². The molecule has 1 saturated carbocycles. The lowest BCUT2D eigenvalue weighted by Crippen LogP contribution is -2.15. The predicted molar refractivity (Wildman–Crippen MR) is 104 cm³/mol. The van der Waals surface area contributed by atoms with Gasteiger partial charge in [-0.3, -0.25) is 4.79 Å². The molecule has 1 heterocycles. The van der Waals surface area contributed by atoms with Crippen LogP contribution in [0.1, 0.15) is 43.1 Å². The van der Waals surface area contributed by atoms with Crippen LogP contribution in [0, 0.1) is 0 Å². The van der Waals surface area contributed by atoms with Gasteiger partial charge in [-0.25, -0.2) is 4.68 Å². The molecule has 1 aromatic heterocycles. The standard InChI is InChI=1S/C17H23N5OS2/c1-24-10-13-5-4-6-14(9-13)18-17(23)12-25-11-16-19-20-21-22(16)15-7-2-3-8-15/h4-6,9,15H,2-3,7-8,10-12H2,1H3,(H,18,23). The van der Waals surface area contributed by atoms with Gasteiger partial charge in [0.15, 0.2) is 5.82 Å². The fourth-order valence-corrected chi connectivity index (χ4v) is 4.32. The van der Waals surface area contributed by atoms with Gasteiger partial charge in [0.05, 0.1) is 17.5 Å². The Morgan fingerprint density at radius 2 is 2.16 bits per heavy atom. The van der Waals surface area contributed by atoms with E-state index in [0.717, 1.165) is 30.1 Å². The van der Waals surface area contributed by atoms with E-state index < -0.39 is 0 Å². The Morgan fingerprint density at radius 3 is 2.96 bits per heavy atom. The van der Waals surface area contributed by atoms with Crippen LogP contribution in [0.15, 0.2) is 24.3 Å². The van der Waals surface area contributed by atoms with Crippen molar-refractivity contribution < 1.29 is 4.79 Å². The van der Waals surface area contributed by atoms with E-state index in [1.165, 1.54) is 18.4 Å². The lowest BCUT2D eigenvalue weighted by Gasteiger charge is -2.11. The average Bonchev–Trinajstić information content (AvgIpc) is 3.26. The zero-order chi connectivity index (χ0) is 17.5. The van der Waals surface area contributed by atoms with Crippen LogP contribution in [0.4, 0.5) is 5.69 Å². The minimum Gasteiger partial charge on any atom is -0.325 e. The van der Waals surface area contributed by atoms with E-state index in [4.69, 9.17) is 0 Å². The second-order valence-electron chi connectivity index (χ2n) is 6.15. The smallest absolute Gasteiger partial charge is 0.234 e. The molecule has 1 N–H and O–H groups in total. The van der Waals surface area contributed by atoms with Gasteiger partial charge in [0.25, 0.3) is 0 Å². The molecular weight excluding hydrogens is 354 g/mol. The van der Waals surface area contributed by atoms with Gasteiger partial charge < -0.3 is 5.32 Å². The Balaban J connectivity index is 1.47. The van der Waals surface area contributed by atoms with Crippen LogP contribution in [0.3, 0.4) is 0 Å². The number of amides is 1. The average molecular weight is 378 g/mol. The molecule has 8 heteroatoms. The number of nitrogens with zero attached hydrogens (tertiary/aromatic N) is 4. The van der Waals surface area contributed by atoms with Gasteiger partial charge in [-0.05, 0) is 47.2 Å². The molecular formula is C17H23N5OS2. The van der Waals surface area contributed by atoms with Crippen LogP contribution in [-0.2, 0) is 16.3 Å². The molecule has 1 aliphatic carbocycles. The Hall–Kier alpha value is -1.54. The number of carbonyl (C=O) groups excluding carboxylic acids is 1. The molecule has 0 atom stereocenters. The third kappa shape index (κ3) is 5.22. The van der Waals surface area contributed by atoms with Gasteiger partial charge in [0.1, 0.15) is 0 Å². The molecule has 0 saturated heterocycles. The van der Waals surface area contributed by atoms with Crippen LogP contribution in [-0.4, -0.2) is 38.1 Å². The summed E-state index contributed by atoms with van der Waals surface area (Å²) in [6, 6.07) is 8.43. The first-order valence-electron chi connectivity index (χ1n) is 8.48. The normalized spacial score (nSPS) is 14.8. The highest BCUT2D eigenvalue weighted by Crippen LogP contribution is 2.29. The van der Waals surface area contributed by atoms with Crippen molar-refractivity contribution in [2.45, 2.75) is 43.2 Å². The number of nitrogens with one attached hydrogen (secondary N) is 1. The van der Waals surface area contributed by atoms with Crippen LogP contribution >= 0.6 is 23.5 Å². The van der Waals surface area contributed by atoms with E-state index in [1.807, 2.05) is 22.9 Å². The van der Waals surface area contributed by atoms with E-state index in [9.17, 15) is 4.79 Å². The molecule has 0 radical (unpaired) electrons. The SMILES string of the molecule is CSCc1cccc(NC(=O)CSCc2nnnn2C2CCCC2)c1. The van der Waals surface area contributed by atoms with Gasteiger partial charge >= 0.3 is 0 Å². The van der Waals surface area contributed by atoms with E-state index in [-0.39, 0.29) is 5.91 Å². The Bertz CT molecular complexity index is 700. The largest absolute Gasteiger partial charge is 0.325 e. The van der Waals surface area contributed by atoms with Gasteiger partial charge in [0, 0.05) is 11.4 Å². The summed E-state index contributed by atoms with van der Waals surface area (Å²) in [5.74, 6) is 2.87. The van der Waals surface area contributed by atoms with Crippen LogP contribution in [0.25, 0.3) is 0 Å². The molecule has 134 valence electrons. The molecule has 25 heavy (non-hydrogen) atoms. The third-order valence-corrected chi connectivity index (χ3v) is 5.77. The summed E-state index contributed by atoms with van der Waals surface area (Å²) in [4.78, 5) is 12.2. The maximum atomic E-state index is 12.2. The van der Waals surface area contributed by atoms with Gasteiger partial charge in [-0.15, -0.1) is 16.9 Å². The number of thioether (sulfide) groups is 2. The number of anilines is 1. The minimum absolute atomic E-state index is 0.00573. The monoisotopic (exact) mass is 377 g/mol. The molecule has 0 spiro atoms. The molecule has 0 unspecified atom stereocenters. The first-order chi connectivity index (χ1) is 12.3. The zero-order valence-electron chi connectivity index (χ0n) is 14.4. The van der Waals surface area contributed by atoms with E-state index in [1.54, 1.807) is 23.5 Å². The van der Waals surface area contributed by atoms with Crippen molar-refractivity contribution in [1.82, 2.24) is 20.2 Å². The van der Waals surface area contributed by atoms with Crippen LogP contribution in [0.5, 0.6) is 0 Å². The summed E-state index contributed by atoms with van der Waals surface area (Å²) in [5, 5.41) is 15.0. The number of tetrazole rings is 1. The van der Waals surface area contributed by atoms with Gasteiger partial charge in [0.2, 0.25) is 5.91 Å². The van der Waals surface area contributed by atoms with Gasteiger partial charge in [-0.2, -0.15) is 11.8 Å². The quantitative estimate of drug-likeness (QED) is 0.759. The van der Waals surface area contributed by atoms with E-state index in [0.29, 0.717) is 17.5 Å².